The number of anilines is 2. The van der Waals surface area contributed by atoms with E-state index >= 15 is 0 Å². The summed E-state index contributed by atoms with van der Waals surface area (Å²) in [6, 6.07) is 9.46. The molecule has 9 heteroatoms. The highest BCUT2D eigenvalue weighted by atomic mass is 32.2. The van der Waals surface area contributed by atoms with Crippen molar-refractivity contribution in [1.82, 2.24) is 0 Å². The van der Waals surface area contributed by atoms with E-state index in [0.29, 0.717) is 28.6 Å². The molecule has 0 bridgehead atoms. The molecule has 0 fully saturated rings. The summed E-state index contributed by atoms with van der Waals surface area (Å²) >= 11 is 1.52. The number of thioether (sulfide) groups is 1. The second kappa shape index (κ2) is 7.69. The fourth-order valence-corrected chi connectivity index (χ4v) is 4.60. The number of methoxy groups -OCH3 is 2. The average molecular weight is 409 g/mol. The molecule has 1 heterocycles. The van der Waals surface area contributed by atoms with Crippen molar-refractivity contribution in [3.63, 3.8) is 0 Å². The maximum atomic E-state index is 12.8. The Kier molecular flexibility index (Phi) is 5.52. The molecule has 7 nitrogen and oxygen atoms in total. The van der Waals surface area contributed by atoms with Gasteiger partial charge >= 0.3 is 0 Å². The van der Waals surface area contributed by atoms with E-state index in [2.05, 4.69) is 10.0 Å². The van der Waals surface area contributed by atoms with E-state index in [1.54, 1.807) is 24.3 Å². The molecule has 0 unspecified atom stereocenters. The zero-order chi connectivity index (χ0) is 19.6. The van der Waals surface area contributed by atoms with Gasteiger partial charge in [0.25, 0.3) is 10.0 Å². The van der Waals surface area contributed by atoms with E-state index < -0.39 is 10.0 Å². The van der Waals surface area contributed by atoms with Gasteiger partial charge in [0.1, 0.15) is 11.5 Å². The van der Waals surface area contributed by atoms with Crippen molar-refractivity contribution in [2.45, 2.75) is 16.7 Å². The fourth-order valence-electron chi connectivity index (χ4n) is 2.53. The number of carbonyl (C=O) groups is 1. The molecule has 0 spiro atoms. The monoisotopic (exact) mass is 408 g/mol. The number of carbonyl (C=O) groups excluding carboxylic acids is 1. The van der Waals surface area contributed by atoms with E-state index in [9.17, 15) is 13.2 Å². The first-order chi connectivity index (χ1) is 12.8. The van der Waals surface area contributed by atoms with Gasteiger partial charge in [0.15, 0.2) is 0 Å². The van der Waals surface area contributed by atoms with E-state index in [1.807, 2.05) is 6.92 Å². The van der Waals surface area contributed by atoms with Gasteiger partial charge in [-0.3, -0.25) is 9.52 Å². The van der Waals surface area contributed by atoms with Gasteiger partial charge in [0.2, 0.25) is 5.91 Å². The average Bonchev–Trinajstić information content (AvgIpc) is 2.79. The highest BCUT2D eigenvalue weighted by Crippen LogP contribution is 2.35. The number of rotatable bonds is 5. The molecule has 0 aliphatic carbocycles. The van der Waals surface area contributed by atoms with E-state index in [1.165, 1.54) is 38.1 Å². The van der Waals surface area contributed by atoms with Crippen molar-refractivity contribution in [2.24, 2.45) is 5.92 Å². The van der Waals surface area contributed by atoms with Gasteiger partial charge in [-0.25, -0.2) is 8.42 Å². The largest absolute Gasteiger partial charge is 0.497 e. The molecule has 1 amide bonds. The van der Waals surface area contributed by atoms with Crippen LogP contribution in [0.15, 0.2) is 46.2 Å². The SMILES string of the molecule is COc1cc(NS(=O)(=O)c2ccc3c(c2)NC(=O)[C@@H](C)CS3)cc(OC)c1. The number of sulfonamides is 1. The minimum Gasteiger partial charge on any atom is -0.497 e. The lowest BCUT2D eigenvalue weighted by atomic mass is 10.2. The highest BCUT2D eigenvalue weighted by Gasteiger charge is 2.23. The molecule has 2 aromatic rings. The van der Waals surface area contributed by atoms with Gasteiger partial charge < -0.3 is 14.8 Å². The predicted molar refractivity (Wildman–Crippen MR) is 105 cm³/mol. The molecule has 1 aliphatic rings. The van der Waals surface area contributed by atoms with Crippen molar-refractivity contribution in [3.05, 3.63) is 36.4 Å². The van der Waals surface area contributed by atoms with Crippen LogP contribution in [0.25, 0.3) is 0 Å². The Hall–Kier alpha value is -2.39. The zero-order valence-corrected chi connectivity index (χ0v) is 16.7. The summed E-state index contributed by atoms with van der Waals surface area (Å²) in [5.74, 6) is 1.30. The van der Waals surface area contributed by atoms with Crippen LogP contribution in [-0.4, -0.2) is 34.3 Å². The number of hydrogen-bond acceptors (Lipinski definition) is 6. The lowest BCUT2D eigenvalue weighted by Crippen LogP contribution is -2.20. The van der Waals surface area contributed by atoms with Gasteiger partial charge in [-0.05, 0) is 18.2 Å². The van der Waals surface area contributed by atoms with Crippen molar-refractivity contribution in [3.8, 4) is 11.5 Å². The van der Waals surface area contributed by atoms with Crippen molar-refractivity contribution in [2.75, 3.05) is 30.0 Å². The first kappa shape index (κ1) is 19.4. The van der Waals surface area contributed by atoms with E-state index in [4.69, 9.17) is 9.47 Å². The number of ether oxygens (including phenoxy) is 2. The molecular formula is C18H20N2O5S2. The Morgan fingerprint density at radius 3 is 2.41 bits per heavy atom. The summed E-state index contributed by atoms with van der Waals surface area (Å²) in [6.07, 6.45) is 0. The third-order valence-electron chi connectivity index (χ3n) is 4.06. The Labute approximate surface area is 162 Å². The lowest BCUT2D eigenvalue weighted by Gasteiger charge is -2.13. The smallest absolute Gasteiger partial charge is 0.261 e. The molecule has 2 aromatic carbocycles. The summed E-state index contributed by atoms with van der Waals surface area (Å²) in [6.45, 7) is 1.84. The molecule has 0 saturated carbocycles. The molecule has 0 saturated heterocycles. The molecule has 1 aliphatic heterocycles. The minimum absolute atomic E-state index is 0.0542. The Bertz CT molecular complexity index is 953. The second-order valence-electron chi connectivity index (χ2n) is 6.07. The Morgan fingerprint density at radius 2 is 1.78 bits per heavy atom. The summed E-state index contributed by atoms with van der Waals surface area (Å²) in [5.41, 5.74) is 0.814. The van der Waals surface area contributed by atoms with Gasteiger partial charge in [0, 0.05) is 34.8 Å². The summed E-state index contributed by atoms with van der Waals surface area (Å²) in [4.78, 5) is 12.9. The van der Waals surface area contributed by atoms with Crippen LogP contribution >= 0.6 is 11.8 Å². The molecule has 0 radical (unpaired) electrons. The fraction of sp³-hybridized carbons (Fsp3) is 0.278. The van der Waals surface area contributed by atoms with Crippen LogP contribution in [0, 0.1) is 5.92 Å². The minimum atomic E-state index is -3.86. The number of amides is 1. The van der Waals surface area contributed by atoms with E-state index in [0.717, 1.165) is 4.90 Å². The molecule has 2 N–H and O–H groups in total. The zero-order valence-electron chi connectivity index (χ0n) is 15.1. The van der Waals surface area contributed by atoms with Gasteiger partial charge in [-0.2, -0.15) is 0 Å². The van der Waals surface area contributed by atoms with Crippen LogP contribution in [0.1, 0.15) is 6.92 Å². The van der Waals surface area contributed by atoms with Crippen molar-refractivity contribution < 1.29 is 22.7 Å². The van der Waals surface area contributed by atoms with Gasteiger partial charge in [0.05, 0.1) is 30.5 Å². The Morgan fingerprint density at radius 1 is 1.11 bits per heavy atom. The van der Waals surface area contributed by atoms with Crippen LogP contribution in [0.4, 0.5) is 11.4 Å². The number of nitrogens with one attached hydrogen (secondary N) is 2. The van der Waals surface area contributed by atoms with Crippen LogP contribution < -0.4 is 19.5 Å². The lowest BCUT2D eigenvalue weighted by molar-refractivity contribution is -0.118. The van der Waals surface area contributed by atoms with E-state index in [-0.39, 0.29) is 16.7 Å². The first-order valence-corrected chi connectivity index (χ1v) is 10.6. The van der Waals surface area contributed by atoms with Crippen LogP contribution in [-0.2, 0) is 14.8 Å². The molecular weight excluding hydrogens is 388 g/mol. The quantitative estimate of drug-likeness (QED) is 0.789. The number of fused-ring (bicyclic) bond motifs is 1. The number of benzene rings is 2. The van der Waals surface area contributed by atoms with Gasteiger partial charge in [-0.1, -0.05) is 6.92 Å². The van der Waals surface area contributed by atoms with Gasteiger partial charge in [-0.15, -0.1) is 11.8 Å². The summed E-state index contributed by atoms with van der Waals surface area (Å²) in [5, 5.41) is 2.79. The molecule has 27 heavy (non-hydrogen) atoms. The van der Waals surface area contributed by atoms with Crippen molar-refractivity contribution in [1.29, 1.82) is 0 Å². The van der Waals surface area contributed by atoms with Crippen LogP contribution in [0.5, 0.6) is 11.5 Å². The topological polar surface area (TPSA) is 93.7 Å². The molecule has 1 atom stereocenters. The van der Waals surface area contributed by atoms with Crippen molar-refractivity contribution >= 4 is 39.1 Å². The number of hydrogen-bond donors (Lipinski definition) is 2. The maximum Gasteiger partial charge on any atom is 0.261 e. The molecule has 0 aromatic heterocycles. The molecule has 3 rings (SSSR count). The maximum absolute atomic E-state index is 12.8. The summed E-state index contributed by atoms with van der Waals surface area (Å²) < 4.78 is 38.5. The standard InChI is InChI=1S/C18H20N2O5S2/c1-11-10-26-17-5-4-15(9-16(17)19-18(11)21)27(22,23)20-12-6-13(24-2)8-14(7-12)25-3/h4-9,11,20H,10H2,1-3H3,(H,19,21)/t11-/m0/s1. The van der Waals surface area contributed by atoms with Crippen LogP contribution in [0.2, 0.25) is 0 Å². The third kappa shape index (κ3) is 4.30. The van der Waals surface area contributed by atoms with Crippen LogP contribution in [0.3, 0.4) is 0 Å². The highest BCUT2D eigenvalue weighted by molar-refractivity contribution is 7.99. The third-order valence-corrected chi connectivity index (χ3v) is 6.77. The Balaban J connectivity index is 1.92. The summed E-state index contributed by atoms with van der Waals surface area (Å²) in [7, 11) is -0.887. The normalized spacial score (nSPS) is 16.7. The predicted octanol–water partition coefficient (Wildman–Crippen LogP) is 3.18. The molecule has 144 valence electrons. The first-order valence-electron chi connectivity index (χ1n) is 8.16. The second-order valence-corrected chi connectivity index (χ2v) is 8.81.